The van der Waals surface area contributed by atoms with Crippen LogP contribution in [-0.2, 0) is 0 Å². The fourth-order valence-corrected chi connectivity index (χ4v) is 3.73. The Morgan fingerprint density at radius 3 is 2.76 bits per heavy atom. The molecule has 2 aliphatic rings. The maximum Gasteiger partial charge on any atom is 0.122 e. The Morgan fingerprint density at radius 2 is 2.24 bits per heavy atom. The highest BCUT2D eigenvalue weighted by Crippen LogP contribution is 2.42. The van der Waals surface area contributed by atoms with Crippen molar-refractivity contribution >= 4 is 27.5 Å². The van der Waals surface area contributed by atoms with Crippen molar-refractivity contribution in [3.05, 3.63) is 28.2 Å². The lowest BCUT2D eigenvalue weighted by atomic mass is 10.1. The largest absolute Gasteiger partial charge is 0.384 e. The molecule has 1 saturated heterocycles. The molecule has 1 aliphatic heterocycles. The number of hydrogen-bond acceptors (Lipinski definition) is 2. The molecule has 4 heteroatoms. The zero-order chi connectivity index (χ0) is 12.0. The number of anilines is 1. The van der Waals surface area contributed by atoms with Gasteiger partial charge in [0.15, 0.2) is 0 Å². The molecule has 2 atom stereocenters. The summed E-state index contributed by atoms with van der Waals surface area (Å²) in [6.07, 6.45) is 4.07. The van der Waals surface area contributed by atoms with Gasteiger partial charge in [-0.3, -0.25) is 5.41 Å². The summed E-state index contributed by atoms with van der Waals surface area (Å²) < 4.78 is 1.05. The van der Waals surface area contributed by atoms with Crippen LogP contribution in [0.3, 0.4) is 0 Å². The standard InChI is InChI=1S/C13H16BrN3/c14-11-6-9(13(15)16)2-4-12(11)17-7-8-1-3-10(17)5-8/h2,4,6,8,10H,1,3,5,7H2,(H3,15,16). The minimum atomic E-state index is 0.125. The second-order valence-electron chi connectivity index (χ2n) is 5.07. The second-order valence-corrected chi connectivity index (χ2v) is 5.92. The van der Waals surface area contributed by atoms with E-state index in [2.05, 4.69) is 26.9 Å². The number of nitrogens with one attached hydrogen (secondary N) is 1. The van der Waals surface area contributed by atoms with Crippen LogP contribution < -0.4 is 10.6 Å². The second kappa shape index (κ2) is 4.02. The Morgan fingerprint density at radius 1 is 1.41 bits per heavy atom. The lowest BCUT2D eigenvalue weighted by Gasteiger charge is -2.30. The van der Waals surface area contributed by atoms with Crippen LogP contribution in [0, 0.1) is 11.3 Å². The molecule has 0 amide bonds. The average Bonchev–Trinajstić information content (AvgIpc) is 2.90. The van der Waals surface area contributed by atoms with Crippen LogP contribution in [0.15, 0.2) is 22.7 Å². The lowest BCUT2D eigenvalue weighted by molar-refractivity contribution is 0.553. The van der Waals surface area contributed by atoms with Crippen molar-refractivity contribution in [1.29, 1.82) is 5.41 Å². The maximum atomic E-state index is 7.44. The van der Waals surface area contributed by atoms with Gasteiger partial charge in [-0.1, -0.05) is 0 Å². The maximum absolute atomic E-state index is 7.44. The van der Waals surface area contributed by atoms with E-state index in [0.29, 0.717) is 0 Å². The Kier molecular flexibility index (Phi) is 2.62. The number of hydrogen-bond donors (Lipinski definition) is 2. The van der Waals surface area contributed by atoms with Gasteiger partial charge in [-0.05, 0) is 59.3 Å². The fourth-order valence-electron chi connectivity index (χ4n) is 3.13. The van der Waals surface area contributed by atoms with Crippen LogP contribution in [-0.4, -0.2) is 18.4 Å². The van der Waals surface area contributed by atoms with E-state index in [1.165, 1.54) is 31.5 Å². The molecule has 1 heterocycles. The summed E-state index contributed by atoms with van der Waals surface area (Å²) in [5.74, 6) is 1.01. The van der Waals surface area contributed by atoms with Crippen molar-refractivity contribution in [2.24, 2.45) is 11.7 Å². The van der Waals surface area contributed by atoms with Crippen molar-refractivity contribution in [1.82, 2.24) is 0 Å². The lowest BCUT2D eigenvalue weighted by Crippen LogP contribution is -2.32. The third-order valence-corrected chi connectivity index (χ3v) is 4.61. The summed E-state index contributed by atoms with van der Waals surface area (Å²) >= 11 is 3.60. The average molecular weight is 294 g/mol. The number of fused-ring (bicyclic) bond motifs is 2. The first kappa shape index (κ1) is 11.1. The smallest absolute Gasteiger partial charge is 0.122 e. The molecule has 90 valence electrons. The normalized spacial score (nSPS) is 26.5. The number of nitrogens with zero attached hydrogens (tertiary/aromatic N) is 1. The molecule has 1 aromatic carbocycles. The first-order valence-corrected chi connectivity index (χ1v) is 6.85. The molecule has 1 saturated carbocycles. The Labute approximate surface area is 110 Å². The molecule has 17 heavy (non-hydrogen) atoms. The van der Waals surface area contributed by atoms with E-state index in [-0.39, 0.29) is 5.84 Å². The molecule has 1 aliphatic carbocycles. The first-order chi connectivity index (χ1) is 8.15. The van der Waals surface area contributed by atoms with Crippen molar-refractivity contribution in [3.63, 3.8) is 0 Å². The molecular formula is C13H16BrN3. The van der Waals surface area contributed by atoms with Gasteiger partial charge < -0.3 is 10.6 Å². The van der Waals surface area contributed by atoms with E-state index >= 15 is 0 Å². The van der Waals surface area contributed by atoms with Gasteiger partial charge in [-0.15, -0.1) is 0 Å². The number of nitrogen functional groups attached to an aromatic ring is 1. The summed E-state index contributed by atoms with van der Waals surface area (Å²) in [5.41, 5.74) is 7.53. The SMILES string of the molecule is N=C(N)c1ccc(N2CC3CCC2C3)c(Br)c1. The summed E-state index contributed by atoms with van der Waals surface area (Å²) in [6, 6.07) is 6.69. The molecule has 2 bridgehead atoms. The van der Waals surface area contributed by atoms with Gasteiger partial charge in [-0.25, -0.2) is 0 Å². The topological polar surface area (TPSA) is 53.1 Å². The summed E-state index contributed by atoms with van der Waals surface area (Å²) in [4.78, 5) is 2.50. The van der Waals surface area contributed by atoms with E-state index in [1.807, 2.05) is 12.1 Å². The van der Waals surface area contributed by atoms with Gasteiger partial charge in [0.25, 0.3) is 0 Å². The predicted molar refractivity (Wildman–Crippen MR) is 73.6 cm³/mol. The summed E-state index contributed by atoms with van der Waals surface area (Å²) in [5, 5.41) is 7.44. The van der Waals surface area contributed by atoms with Crippen LogP contribution >= 0.6 is 15.9 Å². The minimum absolute atomic E-state index is 0.125. The third-order valence-electron chi connectivity index (χ3n) is 3.98. The van der Waals surface area contributed by atoms with Crippen molar-refractivity contribution in [2.45, 2.75) is 25.3 Å². The van der Waals surface area contributed by atoms with E-state index < -0.39 is 0 Å². The van der Waals surface area contributed by atoms with Crippen LogP contribution in [0.2, 0.25) is 0 Å². The summed E-state index contributed by atoms with van der Waals surface area (Å²) in [6.45, 7) is 1.18. The van der Waals surface area contributed by atoms with Crippen LogP contribution in [0.5, 0.6) is 0 Å². The number of benzene rings is 1. The minimum Gasteiger partial charge on any atom is -0.384 e. The molecule has 2 fully saturated rings. The molecule has 3 N–H and O–H groups in total. The summed E-state index contributed by atoms with van der Waals surface area (Å²) in [7, 11) is 0. The molecule has 2 unspecified atom stereocenters. The van der Waals surface area contributed by atoms with Gasteiger partial charge in [-0.2, -0.15) is 0 Å². The third kappa shape index (κ3) is 1.84. The molecule has 0 aromatic heterocycles. The highest BCUT2D eigenvalue weighted by Gasteiger charge is 2.38. The number of amidine groups is 1. The Bertz CT molecular complexity index is 472. The van der Waals surface area contributed by atoms with Crippen molar-refractivity contribution in [3.8, 4) is 0 Å². The highest BCUT2D eigenvalue weighted by molar-refractivity contribution is 9.10. The zero-order valence-corrected chi connectivity index (χ0v) is 11.2. The van der Waals surface area contributed by atoms with E-state index in [1.54, 1.807) is 0 Å². The number of nitrogens with two attached hydrogens (primary N) is 1. The first-order valence-electron chi connectivity index (χ1n) is 6.05. The van der Waals surface area contributed by atoms with Gasteiger partial charge in [0.05, 0.1) is 5.69 Å². The van der Waals surface area contributed by atoms with Gasteiger partial charge in [0.2, 0.25) is 0 Å². The van der Waals surface area contributed by atoms with Crippen molar-refractivity contribution < 1.29 is 0 Å². The number of rotatable bonds is 2. The van der Waals surface area contributed by atoms with Crippen LogP contribution in [0.1, 0.15) is 24.8 Å². The van der Waals surface area contributed by atoms with Crippen molar-refractivity contribution in [2.75, 3.05) is 11.4 Å². The van der Waals surface area contributed by atoms with Gasteiger partial charge >= 0.3 is 0 Å². The van der Waals surface area contributed by atoms with Gasteiger partial charge in [0, 0.05) is 22.6 Å². The predicted octanol–water partition coefficient (Wildman–Crippen LogP) is 2.72. The molecule has 0 radical (unpaired) electrons. The van der Waals surface area contributed by atoms with Crippen LogP contribution in [0.25, 0.3) is 0 Å². The highest BCUT2D eigenvalue weighted by atomic mass is 79.9. The quantitative estimate of drug-likeness (QED) is 0.651. The van der Waals surface area contributed by atoms with Gasteiger partial charge in [0.1, 0.15) is 5.84 Å². The monoisotopic (exact) mass is 293 g/mol. The molecule has 0 spiro atoms. The number of piperidine rings is 1. The molecule has 3 rings (SSSR count). The number of halogens is 1. The van der Waals surface area contributed by atoms with Crippen LogP contribution in [0.4, 0.5) is 5.69 Å². The molecular weight excluding hydrogens is 278 g/mol. The van der Waals surface area contributed by atoms with E-state index in [9.17, 15) is 0 Å². The zero-order valence-electron chi connectivity index (χ0n) is 9.62. The molecule has 3 nitrogen and oxygen atoms in total. The van der Waals surface area contributed by atoms with E-state index in [4.69, 9.17) is 11.1 Å². The van der Waals surface area contributed by atoms with E-state index in [0.717, 1.165) is 22.0 Å². The Balaban J connectivity index is 1.91. The Hall–Kier alpha value is -1.03. The molecule has 1 aromatic rings. The fraction of sp³-hybridized carbons (Fsp3) is 0.462.